The van der Waals surface area contributed by atoms with Crippen LogP contribution in [-0.4, -0.2) is 18.0 Å². The van der Waals surface area contributed by atoms with Crippen molar-refractivity contribution >= 4 is 57.3 Å². The second-order valence-electron chi connectivity index (χ2n) is 7.70. The summed E-state index contributed by atoms with van der Waals surface area (Å²) in [6, 6.07) is 27.8. The van der Waals surface area contributed by atoms with Crippen LogP contribution in [0.3, 0.4) is 0 Å². The molecule has 0 bridgehead atoms. The Bertz CT molecular complexity index is 1510. The molecule has 0 spiro atoms. The molecule has 2 aliphatic rings. The first-order chi connectivity index (χ1) is 14.3. The molecule has 5 aromatic rings. The molecule has 134 valence electrons. The van der Waals surface area contributed by atoms with Gasteiger partial charge in [0.25, 0.3) is 6.71 Å². The van der Waals surface area contributed by atoms with Gasteiger partial charge in [0.1, 0.15) is 11.5 Å². The minimum Gasteiger partial charge on any atom is -0.458 e. The minimum absolute atomic E-state index is 0.118. The fourth-order valence-corrected chi connectivity index (χ4v) is 5.18. The maximum atomic E-state index is 6.35. The summed E-state index contributed by atoms with van der Waals surface area (Å²) in [5, 5.41) is 2.57. The predicted molar refractivity (Wildman–Crippen MR) is 121 cm³/mol. The molecule has 0 atom stereocenters. The van der Waals surface area contributed by atoms with Crippen molar-refractivity contribution in [3.63, 3.8) is 0 Å². The number of hydrogen-bond donors (Lipinski definition) is 0. The van der Waals surface area contributed by atoms with Gasteiger partial charge in [-0.05, 0) is 59.5 Å². The first-order valence-electron chi connectivity index (χ1n) is 9.79. The van der Waals surface area contributed by atoms with Crippen LogP contribution in [0.15, 0.2) is 83.9 Å². The molecule has 0 saturated carbocycles. The van der Waals surface area contributed by atoms with Crippen molar-refractivity contribution in [2.24, 2.45) is 4.99 Å². The Morgan fingerprint density at radius 3 is 2.59 bits per heavy atom. The second-order valence-corrected chi connectivity index (χ2v) is 7.70. The smallest absolute Gasteiger partial charge is 0.256 e. The molecule has 3 nitrogen and oxygen atoms in total. The van der Waals surface area contributed by atoms with Crippen molar-refractivity contribution in [2.45, 2.75) is 0 Å². The van der Waals surface area contributed by atoms with Crippen LogP contribution in [0.25, 0.3) is 27.5 Å². The Balaban J connectivity index is 1.71. The van der Waals surface area contributed by atoms with Crippen LogP contribution in [-0.2, 0) is 0 Å². The maximum Gasteiger partial charge on any atom is 0.256 e. The van der Waals surface area contributed by atoms with E-state index in [-0.39, 0.29) is 6.71 Å². The molecular weight excluding hydrogens is 355 g/mol. The van der Waals surface area contributed by atoms with Crippen LogP contribution in [0, 0.1) is 0 Å². The Kier molecular flexibility index (Phi) is 2.71. The molecule has 4 aromatic carbocycles. The molecular formula is C25H15BN2O. The molecule has 0 unspecified atom stereocenters. The average molecular weight is 370 g/mol. The van der Waals surface area contributed by atoms with Crippen molar-refractivity contribution in [3.8, 4) is 17.2 Å². The van der Waals surface area contributed by atoms with E-state index >= 15 is 0 Å². The van der Waals surface area contributed by atoms with Crippen molar-refractivity contribution in [1.82, 2.24) is 4.57 Å². The topological polar surface area (TPSA) is 26.5 Å². The van der Waals surface area contributed by atoms with Gasteiger partial charge in [-0.15, -0.1) is 0 Å². The summed E-state index contributed by atoms with van der Waals surface area (Å²) in [5.41, 5.74) is 8.26. The van der Waals surface area contributed by atoms with Crippen LogP contribution < -0.4 is 21.1 Å². The molecule has 0 fully saturated rings. The molecule has 7 rings (SSSR count). The lowest BCUT2D eigenvalue weighted by molar-refractivity contribution is 0.487. The van der Waals surface area contributed by atoms with E-state index in [1.165, 1.54) is 38.4 Å². The number of rotatable bonds is 1. The Labute approximate surface area is 168 Å². The van der Waals surface area contributed by atoms with Gasteiger partial charge in [0.2, 0.25) is 0 Å². The van der Waals surface area contributed by atoms with Crippen LogP contribution in [0.4, 0.5) is 5.69 Å². The van der Waals surface area contributed by atoms with Crippen LogP contribution >= 0.6 is 0 Å². The number of ether oxygens (including phenoxy) is 1. The molecule has 1 aromatic heterocycles. The van der Waals surface area contributed by atoms with Gasteiger partial charge in [-0.3, -0.25) is 4.99 Å². The zero-order valence-electron chi connectivity index (χ0n) is 15.6. The summed E-state index contributed by atoms with van der Waals surface area (Å²) in [4.78, 5) is 4.16. The van der Waals surface area contributed by atoms with Gasteiger partial charge in [-0.2, -0.15) is 0 Å². The molecule has 3 heterocycles. The highest BCUT2D eigenvalue weighted by Crippen LogP contribution is 2.37. The normalized spacial score (nSPS) is 13.2. The minimum atomic E-state index is 0.118. The third-order valence-corrected chi connectivity index (χ3v) is 6.32. The number of para-hydroxylation sites is 2. The SMILES string of the molecule is C=Nc1ccc2c(c1)B1c3c(cccc3-n3c4ccccc4c4cccc1c43)O2. The zero-order chi connectivity index (χ0) is 19.1. The van der Waals surface area contributed by atoms with E-state index in [4.69, 9.17) is 4.74 Å². The molecule has 0 N–H and O–H groups in total. The lowest BCUT2D eigenvalue weighted by atomic mass is 9.34. The predicted octanol–water partition coefficient (Wildman–Crippen LogP) is 4.05. The largest absolute Gasteiger partial charge is 0.458 e. The molecule has 4 heteroatoms. The summed E-state index contributed by atoms with van der Waals surface area (Å²) in [5.74, 6) is 1.83. The quantitative estimate of drug-likeness (QED) is 0.316. The lowest BCUT2D eigenvalue weighted by Crippen LogP contribution is -2.58. The number of aromatic nitrogens is 1. The first kappa shape index (κ1) is 15.2. The third-order valence-electron chi connectivity index (χ3n) is 6.32. The Morgan fingerprint density at radius 2 is 1.66 bits per heavy atom. The summed E-state index contributed by atoms with van der Waals surface area (Å²) >= 11 is 0. The summed E-state index contributed by atoms with van der Waals surface area (Å²) < 4.78 is 8.75. The van der Waals surface area contributed by atoms with Crippen LogP contribution in [0.1, 0.15) is 0 Å². The van der Waals surface area contributed by atoms with Crippen LogP contribution in [0.5, 0.6) is 11.5 Å². The molecule has 0 saturated heterocycles. The fraction of sp³-hybridized carbons (Fsp3) is 0. The summed E-state index contributed by atoms with van der Waals surface area (Å²) in [6.07, 6.45) is 0. The van der Waals surface area contributed by atoms with Crippen molar-refractivity contribution in [1.29, 1.82) is 0 Å². The van der Waals surface area contributed by atoms with Crippen molar-refractivity contribution in [3.05, 3.63) is 78.9 Å². The van der Waals surface area contributed by atoms with Gasteiger partial charge in [-0.25, -0.2) is 0 Å². The van der Waals surface area contributed by atoms with E-state index in [1.807, 2.05) is 12.1 Å². The number of fused-ring (bicyclic) bond motifs is 7. The summed E-state index contributed by atoms with van der Waals surface area (Å²) in [7, 11) is 0. The third kappa shape index (κ3) is 1.77. The first-order valence-corrected chi connectivity index (χ1v) is 9.79. The highest BCUT2D eigenvalue weighted by atomic mass is 16.5. The Hall–Kier alpha value is -3.79. The molecule has 2 aliphatic heterocycles. The molecule has 0 amide bonds. The van der Waals surface area contributed by atoms with E-state index in [1.54, 1.807) is 0 Å². The van der Waals surface area contributed by atoms with E-state index in [2.05, 4.69) is 83.0 Å². The van der Waals surface area contributed by atoms with Gasteiger partial charge in [0.15, 0.2) is 0 Å². The number of hydrogen-bond acceptors (Lipinski definition) is 2. The average Bonchev–Trinajstić information content (AvgIpc) is 3.12. The van der Waals surface area contributed by atoms with Gasteiger partial charge >= 0.3 is 0 Å². The lowest BCUT2D eigenvalue weighted by Gasteiger charge is -2.33. The Morgan fingerprint density at radius 1 is 0.793 bits per heavy atom. The van der Waals surface area contributed by atoms with E-state index in [0.29, 0.717) is 0 Å². The second kappa shape index (κ2) is 5.18. The number of benzene rings is 4. The van der Waals surface area contributed by atoms with Gasteiger partial charge in [-0.1, -0.05) is 42.5 Å². The van der Waals surface area contributed by atoms with E-state index < -0.39 is 0 Å². The molecule has 29 heavy (non-hydrogen) atoms. The van der Waals surface area contributed by atoms with E-state index in [0.717, 1.165) is 22.6 Å². The standard InChI is InChI=1S/C25H15BN2O/c1-27-15-12-13-22-19(14-15)26-18-8-4-7-17-16-6-2-3-9-20(16)28(25(17)18)21-10-5-11-23(29-22)24(21)26/h2-14H,1H2. The van der Waals surface area contributed by atoms with Gasteiger partial charge in [0.05, 0.1) is 11.2 Å². The number of aliphatic imine (C=N–C) groups is 1. The van der Waals surface area contributed by atoms with Crippen molar-refractivity contribution in [2.75, 3.05) is 0 Å². The maximum absolute atomic E-state index is 6.35. The monoisotopic (exact) mass is 370 g/mol. The van der Waals surface area contributed by atoms with Crippen LogP contribution in [0.2, 0.25) is 0 Å². The van der Waals surface area contributed by atoms with Gasteiger partial charge < -0.3 is 9.30 Å². The molecule has 0 aliphatic carbocycles. The zero-order valence-corrected chi connectivity index (χ0v) is 15.6. The molecule has 0 radical (unpaired) electrons. The highest BCUT2D eigenvalue weighted by Gasteiger charge is 2.40. The highest BCUT2D eigenvalue weighted by molar-refractivity contribution is 6.99. The van der Waals surface area contributed by atoms with E-state index in [9.17, 15) is 0 Å². The van der Waals surface area contributed by atoms with Gasteiger partial charge in [0, 0.05) is 22.0 Å². The fourth-order valence-electron chi connectivity index (χ4n) is 5.18. The number of nitrogens with zero attached hydrogens (tertiary/aromatic N) is 2. The van der Waals surface area contributed by atoms with Crippen molar-refractivity contribution < 1.29 is 4.74 Å². The summed E-state index contributed by atoms with van der Waals surface area (Å²) in [6.45, 7) is 3.83.